The minimum atomic E-state index is -3.16. The molecule has 0 saturated carbocycles. The third kappa shape index (κ3) is 4.19. The van der Waals surface area contributed by atoms with Crippen LogP contribution in [-0.2, 0) is 9.84 Å². The van der Waals surface area contributed by atoms with E-state index in [0.29, 0.717) is 28.3 Å². The van der Waals surface area contributed by atoms with Crippen molar-refractivity contribution in [3.63, 3.8) is 0 Å². The highest BCUT2D eigenvalue weighted by molar-refractivity contribution is 7.91. The van der Waals surface area contributed by atoms with Crippen LogP contribution >= 0.6 is 11.6 Å². The molecule has 5 rings (SSSR count). The zero-order valence-corrected chi connectivity index (χ0v) is 19.8. The molecule has 0 spiro atoms. The summed E-state index contributed by atoms with van der Waals surface area (Å²) >= 11 is 6.46. The first-order chi connectivity index (χ1) is 16.1. The summed E-state index contributed by atoms with van der Waals surface area (Å²) in [4.78, 5) is 17.3. The van der Waals surface area contributed by atoms with Crippen LogP contribution in [0.5, 0.6) is 0 Å². The van der Waals surface area contributed by atoms with Crippen LogP contribution in [0.25, 0.3) is 27.8 Å². The molecule has 1 atom stereocenters. The molecule has 9 heteroatoms. The first-order valence-corrected chi connectivity index (χ1v) is 12.9. The van der Waals surface area contributed by atoms with E-state index < -0.39 is 21.2 Å². The van der Waals surface area contributed by atoms with Crippen molar-refractivity contribution in [1.29, 1.82) is 0 Å². The van der Waals surface area contributed by atoms with Crippen molar-refractivity contribution in [3.8, 4) is 16.9 Å². The maximum atomic E-state index is 13.5. The topological polar surface area (TPSA) is 81.1 Å². The summed E-state index contributed by atoms with van der Waals surface area (Å²) in [7, 11) is -3.16. The number of pyridine rings is 1. The van der Waals surface area contributed by atoms with E-state index in [1.165, 1.54) is 6.07 Å². The van der Waals surface area contributed by atoms with Gasteiger partial charge in [-0.15, -0.1) is 0 Å². The molecule has 174 valence electrons. The van der Waals surface area contributed by atoms with Crippen LogP contribution < -0.4 is 5.32 Å². The Balaban J connectivity index is 1.62. The zero-order valence-electron chi connectivity index (χ0n) is 18.3. The molecule has 3 heterocycles. The van der Waals surface area contributed by atoms with Gasteiger partial charge >= 0.3 is 0 Å². The zero-order chi connectivity index (χ0) is 24.1. The number of halogens is 2. The number of benzene rings is 2. The van der Waals surface area contributed by atoms with Gasteiger partial charge in [-0.05, 0) is 43.7 Å². The van der Waals surface area contributed by atoms with E-state index in [0.717, 1.165) is 22.7 Å². The van der Waals surface area contributed by atoms with Gasteiger partial charge in [0.05, 0.1) is 28.8 Å². The number of hydrogen-bond donors (Lipinski definition) is 1. The van der Waals surface area contributed by atoms with Crippen molar-refractivity contribution in [2.24, 2.45) is 0 Å². The molecule has 1 aliphatic rings. The van der Waals surface area contributed by atoms with Gasteiger partial charge in [0.1, 0.15) is 11.6 Å². The van der Waals surface area contributed by atoms with E-state index in [-0.39, 0.29) is 17.4 Å². The summed E-state index contributed by atoms with van der Waals surface area (Å²) < 4.78 is 39.2. The van der Waals surface area contributed by atoms with Crippen molar-refractivity contribution < 1.29 is 17.6 Å². The molecule has 6 nitrogen and oxygen atoms in total. The van der Waals surface area contributed by atoms with Crippen LogP contribution in [0.3, 0.4) is 0 Å². The fourth-order valence-electron chi connectivity index (χ4n) is 4.42. The summed E-state index contributed by atoms with van der Waals surface area (Å²) in [6.07, 6.45) is 3.36. The molecule has 1 N–H and O–H groups in total. The Bertz CT molecular complexity index is 1530. The number of rotatable bonds is 4. The second-order valence-corrected chi connectivity index (χ2v) is 11.4. The molecule has 0 bridgehead atoms. The van der Waals surface area contributed by atoms with Crippen molar-refractivity contribution >= 4 is 38.2 Å². The highest BCUT2D eigenvalue weighted by Crippen LogP contribution is 2.36. The Morgan fingerprint density at radius 3 is 2.62 bits per heavy atom. The predicted octanol–water partition coefficient (Wildman–Crippen LogP) is 4.79. The van der Waals surface area contributed by atoms with Crippen molar-refractivity contribution in [1.82, 2.24) is 14.9 Å². The van der Waals surface area contributed by atoms with E-state index in [1.54, 1.807) is 35.8 Å². The average Bonchev–Trinajstić information content (AvgIpc) is 3.30. The Hall–Kier alpha value is -3.23. The van der Waals surface area contributed by atoms with Crippen LogP contribution in [0.15, 0.2) is 67.0 Å². The molecule has 4 aromatic rings. The van der Waals surface area contributed by atoms with E-state index in [9.17, 15) is 17.6 Å². The molecule has 34 heavy (non-hydrogen) atoms. The SMILES string of the molecule is CC1(NC(=O)c2ccc3c(-c4ccccc4Cl)cn(-c4ccc(F)cn4)c3c2)CCS(=O)(=O)C1. The number of nitrogens with one attached hydrogen (secondary N) is 1. The van der Waals surface area contributed by atoms with Gasteiger partial charge in [0.25, 0.3) is 5.91 Å². The molecule has 1 amide bonds. The number of carbonyl (C=O) groups excluding carboxylic acids is 1. The molecule has 2 aromatic carbocycles. The van der Waals surface area contributed by atoms with Gasteiger partial charge < -0.3 is 9.88 Å². The third-order valence-electron chi connectivity index (χ3n) is 6.11. The van der Waals surface area contributed by atoms with E-state index in [4.69, 9.17) is 11.6 Å². The van der Waals surface area contributed by atoms with Crippen LogP contribution in [-0.4, -0.2) is 40.9 Å². The lowest BCUT2D eigenvalue weighted by Crippen LogP contribution is -2.46. The third-order valence-corrected chi connectivity index (χ3v) is 8.34. The predicted molar refractivity (Wildman–Crippen MR) is 131 cm³/mol. The Kier molecular flexibility index (Phi) is 5.45. The van der Waals surface area contributed by atoms with Crippen LogP contribution in [0.4, 0.5) is 4.39 Å². The lowest BCUT2D eigenvalue weighted by molar-refractivity contribution is 0.0915. The molecular formula is C25H21ClFN3O3S. The van der Waals surface area contributed by atoms with Crippen molar-refractivity contribution in [2.45, 2.75) is 18.9 Å². The second-order valence-electron chi connectivity index (χ2n) is 8.82. The first-order valence-electron chi connectivity index (χ1n) is 10.7. The number of sulfone groups is 1. The van der Waals surface area contributed by atoms with E-state index >= 15 is 0 Å². The molecule has 1 aliphatic heterocycles. The second kappa shape index (κ2) is 8.21. The Morgan fingerprint density at radius 2 is 1.94 bits per heavy atom. The monoisotopic (exact) mass is 497 g/mol. The minimum absolute atomic E-state index is 0.0586. The molecule has 1 saturated heterocycles. The average molecular weight is 498 g/mol. The van der Waals surface area contributed by atoms with Gasteiger partial charge in [-0.2, -0.15) is 0 Å². The lowest BCUT2D eigenvalue weighted by atomic mass is 10.0. The maximum absolute atomic E-state index is 13.5. The summed E-state index contributed by atoms with van der Waals surface area (Å²) in [6, 6.07) is 15.6. The number of aromatic nitrogens is 2. The maximum Gasteiger partial charge on any atom is 0.251 e. The fraction of sp³-hybridized carbons (Fsp3) is 0.200. The summed E-state index contributed by atoms with van der Waals surface area (Å²) in [6.45, 7) is 1.74. The minimum Gasteiger partial charge on any atom is -0.346 e. The van der Waals surface area contributed by atoms with Gasteiger partial charge in [0.2, 0.25) is 0 Å². The van der Waals surface area contributed by atoms with Crippen molar-refractivity contribution in [2.75, 3.05) is 11.5 Å². The van der Waals surface area contributed by atoms with Crippen LogP contribution in [0.2, 0.25) is 5.02 Å². The van der Waals surface area contributed by atoms with Gasteiger partial charge in [-0.25, -0.2) is 17.8 Å². The van der Waals surface area contributed by atoms with E-state index in [1.807, 2.05) is 30.5 Å². The fourth-order valence-corrected chi connectivity index (χ4v) is 6.75. The van der Waals surface area contributed by atoms with Gasteiger partial charge in [0.15, 0.2) is 9.84 Å². The van der Waals surface area contributed by atoms with Gasteiger partial charge in [0, 0.05) is 33.3 Å². The molecular weight excluding hydrogens is 477 g/mol. The van der Waals surface area contributed by atoms with Crippen LogP contribution in [0.1, 0.15) is 23.7 Å². The standard InChI is InChI=1S/C25H21ClFN3O3S/c1-25(10-11-34(32,33)15-25)29-24(31)16-6-8-19-20(18-4-2-3-5-21(18)26)14-30(22(19)12-16)23-9-7-17(27)13-28-23/h2-9,12-14H,10-11,15H2,1H3,(H,29,31). The number of fused-ring (bicyclic) bond motifs is 1. The van der Waals surface area contributed by atoms with Crippen LogP contribution in [0, 0.1) is 5.82 Å². The molecule has 2 aromatic heterocycles. The van der Waals surface area contributed by atoms with Gasteiger partial charge in [-0.1, -0.05) is 35.9 Å². The highest BCUT2D eigenvalue weighted by Gasteiger charge is 2.39. The highest BCUT2D eigenvalue weighted by atomic mass is 35.5. The summed E-state index contributed by atoms with van der Waals surface area (Å²) in [5, 5.41) is 4.31. The number of nitrogens with zero attached hydrogens (tertiary/aromatic N) is 2. The quantitative estimate of drug-likeness (QED) is 0.439. The van der Waals surface area contributed by atoms with E-state index in [2.05, 4.69) is 10.3 Å². The summed E-state index contributed by atoms with van der Waals surface area (Å²) in [5.41, 5.74) is 1.91. The molecule has 0 aliphatic carbocycles. The lowest BCUT2D eigenvalue weighted by Gasteiger charge is -2.24. The smallest absolute Gasteiger partial charge is 0.251 e. The first kappa shape index (κ1) is 22.6. The number of hydrogen-bond acceptors (Lipinski definition) is 4. The largest absolute Gasteiger partial charge is 0.346 e. The normalized spacial score (nSPS) is 19.4. The molecule has 0 radical (unpaired) electrons. The Morgan fingerprint density at radius 1 is 1.15 bits per heavy atom. The molecule has 1 unspecified atom stereocenters. The summed E-state index contributed by atoms with van der Waals surface area (Å²) in [5.74, 6) is -0.355. The van der Waals surface area contributed by atoms with Crippen molar-refractivity contribution in [3.05, 3.63) is 83.4 Å². The Labute approximate surface area is 201 Å². The number of amides is 1. The molecule has 1 fully saturated rings. The number of carbonyl (C=O) groups is 1. The van der Waals surface area contributed by atoms with Gasteiger partial charge in [-0.3, -0.25) is 4.79 Å².